The lowest BCUT2D eigenvalue weighted by molar-refractivity contribution is 0.0606. The van der Waals surface area contributed by atoms with Crippen LogP contribution in [-0.2, 0) is 0 Å². The summed E-state index contributed by atoms with van der Waals surface area (Å²) in [5.74, 6) is 0.938. The Balaban J connectivity index is 1.47. The van der Waals surface area contributed by atoms with Crippen molar-refractivity contribution in [2.75, 3.05) is 24.5 Å². The van der Waals surface area contributed by atoms with Gasteiger partial charge in [0.15, 0.2) is 5.65 Å². The maximum atomic E-state index is 13.4. The topological polar surface area (TPSA) is 79.8 Å². The average Bonchev–Trinajstić information content (AvgIpc) is 3.38. The van der Waals surface area contributed by atoms with Crippen LogP contribution in [0, 0.1) is 13.8 Å². The summed E-state index contributed by atoms with van der Waals surface area (Å²) < 4.78 is 1.83. The number of nitrogens with zero attached hydrogens (tertiary/aromatic N) is 5. The lowest BCUT2D eigenvalue weighted by atomic mass is 9.98. The van der Waals surface area contributed by atoms with Gasteiger partial charge in [0.2, 0.25) is 0 Å². The van der Waals surface area contributed by atoms with Crippen molar-refractivity contribution in [2.45, 2.75) is 51.6 Å². The predicted molar refractivity (Wildman–Crippen MR) is 126 cm³/mol. The number of fused-ring (bicyclic) bond motifs is 1. The molecular formula is C24H29ClN6O. The molecule has 8 heteroatoms. The Morgan fingerprint density at radius 1 is 1.16 bits per heavy atom. The zero-order chi connectivity index (χ0) is 22.4. The van der Waals surface area contributed by atoms with E-state index in [1.165, 1.54) is 0 Å². The number of hydrogen-bond acceptors (Lipinski definition) is 5. The molecule has 3 aromatic rings. The molecule has 0 spiro atoms. The van der Waals surface area contributed by atoms with E-state index in [4.69, 9.17) is 27.4 Å². The molecule has 2 aliphatic rings. The first-order valence-corrected chi connectivity index (χ1v) is 11.7. The molecule has 2 N–H and O–H groups in total. The molecule has 0 radical (unpaired) electrons. The van der Waals surface area contributed by atoms with Crippen LogP contribution in [-0.4, -0.2) is 51.1 Å². The Labute approximate surface area is 193 Å². The monoisotopic (exact) mass is 452 g/mol. The summed E-state index contributed by atoms with van der Waals surface area (Å²) in [6.45, 7) is 6.48. The van der Waals surface area contributed by atoms with Gasteiger partial charge in [0.1, 0.15) is 5.82 Å². The summed E-state index contributed by atoms with van der Waals surface area (Å²) in [6, 6.07) is 7.74. The van der Waals surface area contributed by atoms with Crippen molar-refractivity contribution in [3.05, 3.63) is 57.9 Å². The van der Waals surface area contributed by atoms with E-state index in [2.05, 4.69) is 11.8 Å². The predicted octanol–water partition coefficient (Wildman–Crippen LogP) is 3.90. The van der Waals surface area contributed by atoms with Crippen molar-refractivity contribution in [1.82, 2.24) is 19.5 Å². The number of nitrogens with two attached hydrogens (primary N) is 1. The second kappa shape index (κ2) is 8.37. The molecule has 2 saturated heterocycles. The number of aryl methyl sites for hydroxylation is 2. The van der Waals surface area contributed by atoms with Gasteiger partial charge in [-0.3, -0.25) is 4.79 Å². The summed E-state index contributed by atoms with van der Waals surface area (Å²) in [5, 5.41) is 5.33. The second-order valence-corrected chi connectivity index (χ2v) is 9.51. The highest BCUT2D eigenvalue weighted by molar-refractivity contribution is 6.33. The Kier molecular flexibility index (Phi) is 5.55. The van der Waals surface area contributed by atoms with Crippen molar-refractivity contribution in [1.29, 1.82) is 0 Å². The molecule has 5 rings (SSSR count). The van der Waals surface area contributed by atoms with Crippen LogP contribution < -0.4 is 10.6 Å². The van der Waals surface area contributed by atoms with Crippen LogP contribution in [0.1, 0.15) is 58.9 Å². The molecule has 32 heavy (non-hydrogen) atoms. The molecule has 2 unspecified atom stereocenters. The molecule has 1 amide bonds. The van der Waals surface area contributed by atoms with Crippen molar-refractivity contribution in [2.24, 2.45) is 5.73 Å². The van der Waals surface area contributed by atoms with Gasteiger partial charge < -0.3 is 15.5 Å². The van der Waals surface area contributed by atoms with Crippen molar-refractivity contribution >= 4 is 29.0 Å². The minimum absolute atomic E-state index is 0.0346. The normalized spacial score (nSPS) is 21.5. The zero-order valence-electron chi connectivity index (χ0n) is 18.6. The molecular weight excluding hydrogens is 424 g/mol. The number of aromatic nitrogens is 3. The molecule has 2 aromatic heterocycles. The van der Waals surface area contributed by atoms with Crippen molar-refractivity contribution in [3.8, 4) is 0 Å². The molecule has 2 atom stereocenters. The minimum Gasteiger partial charge on any atom is -0.355 e. The van der Waals surface area contributed by atoms with Gasteiger partial charge in [0.25, 0.3) is 5.91 Å². The largest absolute Gasteiger partial charge is 0.355 e. The molecule has 168 valence electrons. The third kappa shape index (κ3) is 3.84. The molecule has 2 fully saturated rings. The van der Waals surface area contributed by atoms with Crippen LogP contribution in [0.15, 0.2) is 30.5 Å². The van der Waals surface area contributed by atoms with E-state index in [0.717, 1.165) is 67.1 Å². The number of likely N-dealkylation sites (tertiary alicyclic amines) is 1. The number of anilines is 1. The van der Waals surface area contributed by atoms with Crippen molar-refractivity contribution < 1.29 is 4.79 Å². The number of carbonyl (C=O) groups is 1. The number of amides is 1. The SMILES string of the molecule is Cc1ccc(C(=O)N2CCCCC2c2cc3nc(N4CCC(N)C4)c(C)cn3n2)c(Cl)c1. The second-order valence-electron chi connectivity index (χ2n) is 9.11. The standard InChI is InChI=1S/C24H29ClN6O/c1-15-6-7-18(19(25)11-15)24(32)30-9-4-3-5-21(30)20-12-22-27-23(16(2)13-31(22)28-20)29-10-8-17(26)14-29/h6-7,11-13,17,21H,3-5,8-10,14,26H2,1-2H3. The fourth-order valence-corrected chi connectivity index (χ4v) is 5.23. The molecule has 1 aromatic carbocycles. The summed E-state index contributed by atoms with van der Waals surface area (Å²) in [5.41, 5.74) is 10.4. The third-order valence-electron chi connectivity index (χ3n) is 6.61. The van der Waals surface area contributed by atoms with Gasteiger partial charge in [-0.1, -0.05) is 17.7 Å². The highest BCUT2D eigenvalue weighted by Gasteiger charge is 2.32. The first kappa shape index (κ1) is 21.2. The number of piperidine rings is 1. The molecule has 0 saturated carbocycles. The highest BCUT2D eigenvalue weighted by Crippen LogP contribution is 2.34. The number of hydrogen-bond donors (Lipinski definition) is 1. The van der Waals surface area contributed by atoms with E-state index in [0.29, 0.717) is 17.1 Å². The van der Waals surface area contributed by atoms with Crippen molar-refractivity contribution in [3.63, 3.8) is 0 Å². The lowest BCUT2D eigenvalue weighted by Crippen LogP contribution is -2.38. The summed E-state index contributed by atoms with van der Waals surface area (Å²) >= 11 is 6.42. The summed E-state index contributed by atoms with van der Waals surface area (Å²) in [7, 11) is 0. The van der Waals surface area contributed by atoms with Crippen LogP contribution in [0.5, 0.6) is 0 Å². The van der Waals surface area contributed by atoms with E-state index < -0.39 is 0 Å². The van der Waals surface area contributed by atoms with E-state index in [-0.39, 0.29) is 18.0 Å². The maximum Gasteiger partial charge on any atom is 0.255 e. The molecule has 4 heterocycles. The van der Waals surface area contributed by atoms with Gasteiger partial charge in [-0.25, -0.2) is 9.50 Å². The van der Waals surface area contributed by atoms with E-state index in [9.17, 15) is 4.79 Å². The number of halogens is 1. The first-order valence-electron chi connectivity index (χ1n) is 11.4. The fraction of sp³-hybridized carbons (Fsp3) is 0.458. The number of rotatable bonds is 3. The first-order chi connectivity index (χ1) is 15.4. The summed E-state index contributed by atoms with van der Waals surface area (Å²) in [4.78, 5) is 22.5. The Hall–Kier alpha value is -2.64. The molecule has 0 aliphatic carbocycles. The van der Waals surface area contributed by atoms with Gasteiger partial charge in [-0.05, 0) is 57.2 Å². The minimum atomic E-state index is -0.0840. The molecule has 2 aliphatic heterocycles. The van der Waals surface area contributed by atoms with Crippen LogP contribution >= 0.6 is 11.6 Å². The zero-order valence-corrected chi connectivity index (χ0v) is 19.3. The Morgan fingerprint density at radius 2 is 2.00 bits per heavy atom. The van der Waals surface area contributed by atoms with Crippen LogP contribution in [0.25, 0.3) is 5.65 Å². The Bertz CT molecular complexity index is 1170. The molecule has 0 bridgehead atoms. The smallest absolute Gasteiger partial charge is 0.255 e. The van der Waals surface area contributed by atoms with Gasteiger partial charge in [-0.15, -0.1) is 0 Å². The van der Waals surface area contributed by atoms with Gasteiger partial charge >= 0.3 is 0 Å². The van der Waals surface area contributed by atoms with Crippen LogP contribution in [0.4, 0.5) is 5.82 Å². The number of benzene rings is 1. The quantitative estimate of drug-likeness (QED) is 0.651. The van der Waals surface area contributed by atoms with Gasteiger partial charge in [0, 0.05) is 43.5 Å². The van der Waals surface area contributed by atoms with E-state index in [1.54, 1.807) is 0 Å². The summed E-state index contributed by atoms with van der Waals surface area (Å²) in [6.07, 6.45) is 5.93. The van der Waals surface area contributed by atoms with E-state index in [1.807, 2.05) is 46.8 Å². The van der Waals surface area contributed by atoms with Gasteiger partial charge in [-0.2, -0.15) is 5.10 Å². The number of carbonyl (C=O) groups excluding carboxylic acids is 1. The maximum absolute atomic E-state index is 13.4. The molecule has 7 nitrogen and oxygen atoms in total. The fourth-order valence-electron chi connectivity index (χ4n) is 4.91. The lowest BCUT2D eigenvalue weighted by Gasteiger charge is -2.35. The highest BCUT2D eigenvalue weighted by atomic mass is 35.5. The van der Waals surface area contributed by atoms with Crippen LogP contribution in [0.3, 0.4) is 0 Å². The van der Waals surface area contributed by atoms with E-state index >= 15 is 0 Å². The van der Waals surface area contributed by atoms with Crippen LogP contribution in [0.2, 0.25) is 5.02 Å². The van der Waals surface area contributed by atoms with Gasteiger partial charge in [0.05, 0.1) is 22.3 Å². The third-order valence-corrected chi connectivity index (χ3v) is 6.92. The average molecular weight is 453 g/mol. The Morgan fingerprint density at radius 3 is 2.75 bits per heavy atom.